The Morgan fingerprint density at radius 1 is 1.50 bits per heavy atom. The van der Waals surface area contributed by atoms with Crippen LogP contribution in [0, 0.1) is 10.1 Å². The summed E-state index contributed by atoms with van der Waals surface area (Å²) in [6.45, 7) is 3.08. The van der Waals surface area contributed by atoms with Crippen molar-refractivity contribution in [2.75, 3.05) is 13.2 Å². The zero-order chi connectivity index (χ0) is 15.0. The Morgan fingerprint density at radius 2 is 2.25 bits per heavy atom. The van der Waals surface area contributed by atoms with Crippen LogP contribution in [0.5, 0.6) is 0 Å². The summed E-state index contributed by atoms with van der Waals surface area (Å²) in [6, 6.07) is 4.57. The van der Waals surface area contributed by atoms with E-state index >= 15 is 0 Å². The molecule has 110 valence electrons. The van der Waals surface area contributed by atoms with Gasteiger partial charge in [-0.2, -0.15) is 0 Å². The number of ether oxygens (including phenoxy) is 1. The molecule has 0 saturated heterocycles. The predicted octanol–water partition coefficient (Wildman–Crippen LogP) is 2.68. The third-order valence-corrected chi connectivity index (χ3v) is 2.83. The Labute approximate surface area is 122 Å². The summed E-state index contributed by atoms with van der Waals surface area (Å²) in [5.41, 5.74) is 0.561. The van der Waals surface area contributed by atoms with Gasteiger partial charge in [0, 0.05) is 29.6 Å². The minimum absolute atomic E-state index is 0.00427. The van der Waals surface area contributed by atoms with Crippen molar-refractivity contribution in [2.24, 2.45) is 0 Å². The Balaban J connectivity index is 2.39. The van der Waals surface area contributed by atoms with Gasteiger partial charge in [-0.15, -0.1) is 0 Å². The molecule has 0 spiro atoms. The van der Waals surface area contributed by atoms with E-state index in [4.69, 9.17) is 16.3 Å². The molecule has 1 aromatic carbocycles. The number of hydrogen-bond donors (Lipinski definition) is 1. The van der Waals surface area contributed by atoms with Gasteiger partial charge in [0.15, 0.2) is 0 Å². The summed E-state index contributed by atoms with van der Waals surface area (Å²) in [7, 11) is 0. The van der Waals surface area contributed by atoms with E-state index in [0.29, 0.717) is 43.1 Å². The van der Waals surface area contributed by atoms with Gasteiger partial charge in [-0.25, -0.2) is 0 Å². The number of nitro benzene ring substituents is 1. The first-order chi connectivity index (χ1) is 9.54. The Hall–Kier alpha value is -1.66. The van der Waals surface area contributed by atoms with E-state index < -0.39 is 4.92 Å². The molecule has 0 atom stereocenters. The molecule has 6 nitrogen and oxygen atoms in total. The lowest BCUT2D eigenvalue weighted by atomic mass is 10.2. The first kappa shape index (κ1) is 16.4. The maximum atomic E-state index is 11.1. The fourth-order valence-electron chi connectivity index (χ4n) is 1.67. The van der Waals surface area contributed by atoms with Gasteiger partial charge in [0.25, 0.3) is 5.69 Å². The van der Waals surface area contributed by atoms with Gasteiger partial charge in [0.2, 0.25) is 0 Å². The van der Waals surface area contributed by atoms with E-state index in [0.717, 1.165) is 0 Å². The zero-order valence-electron chi connectivity index (χ0n) is 11.2. The quantitative estimate of drug-likeness (QED) is 0.345. The van der Waals surface area contributed by atoms with E-state index in [-0.39, 0.29) is 11.7 Å². The molecule has 7 heteroatoms. The number of carbonyl (C=O) groups excluding carboxylic acids is 1. The number of hydrogen-bond acceptors (Lipinski definition) is 5. The molecular formula is C13H17ClN2O4. The predicted molar refractivity (Wildman–Crippen MR) is 75.7 cm³/mol. The molecule has 20 heavy (non-hydrogen) atoms. The molecule has 0 aromatic heterocycles. The molecule has 0 aliphatic rings. The third-order valence-electron chi connectivity index (χ3n) is 2.60. The van der Waals surface area contributed by atoms with E-state index in [1.54, 1.807) is 19.1 Å². The van der Waals surface area contributed by atoms with Crippen LogP contribution in [0.2, 0.25) is 5.02 Å². The maximum absolute atomic E-state index is 11.1. The molecule has 1 rings (SSSR count). The van der Waals surface area contributed by atoms with Crippen LogP contribution < -0.4 is 5.32 Å². The van der Waals surface area contributed by atoms with E-state index in [9.17, 15) is 14.9 Å². The highest BCUT2D eigenvalue weighted by Gasteiger charge is 2.13. The lowest BCUT2D eigenvalue weighted by Gasteiger charge is -2.06. The topological polar surface area (TPSA) is 81.5 Å². The van der Waals surface area contributed by atoms with Crippen LogP contribution in [-0.4, -0.2) is 24.0 Å². The van der Waals surface area contributed by atoms with Crippen molar-refractivity contribution >= 4 is 23.3 Å². The number of benzene rings is 1. The molecule has 0 aliphatic carbocycles. The average Bonchev–Trinajstić information content (AvgIpc) is 2.40. The number of esters is 1. The van der Waals surface area contributed by atoms with Crippen molar-refractivity contribution in [3.8, 4) is 0 Å². The van der Waals surface area contributed by atoms with Gasteiger partial charge in [-0.05, 0) is 32.0 Å². The van der Waals surface area contributed by atoms with Crippen LogP contribution in [0.25, 0.3) is 0 Å². The van der Waals surface area contributed by atoms with Crippen LogP contribution in [0.1, 0.15) is 25.3 Å². The highest BCUT2D eigenvalue weighted by atomic mass is 35.5. The molecule has 0 heterocycles. The molecule has 0 fully saturated rings. The normalized spacial score (nSPS) is 10.3. The molecule has 0 saturated carbocycles. The van der Waals surface area contributed by atoms with Gasteiger partial charge in [0.05, 0.1) is 11.5 Å². The molecule has 1 N–H and O–H groups in total. The summed E-state index contributed by atoms with van der Waals surface area (Å²) in [6.07, 6.45) is 0.962. The fourth-order valence-corrected chi connectivity index (χ4v) is 1.84. The average molecular weight is 301 g/mol. The molecule has 0 amide bonds. The van der Waals surface area contributed by atoms with Crippen LogP contribution in [0.15, 0.2) is 18.2 Å². The molecule has 0 aliphatic heterocycles. The highest BCUT2D eigenvalue weighted by Crippen LogP contribution is 2.22. The van der Waals surface area contributed by atoms with Gasteiger partial charge < -0.3 is 10.1 Å². The van der Waals surface area contributed by atoms with Gasteiger partial charge in [0.1, 0.15) is 0 Å². The summed E-state index contributed by atoms with van der Waals surface area (Å²) >= 11 is 5.73. The summed E-state index contributed by atoms with van der Waals surface area (Å²) in [4.78, 5) is 21.5. The molecule has 0 bridgehead atoms. The second-order valence-corrected chi connectivity index (χ2v) is 4.55. The monoisotopic (exact) mass is 300 g/mol. The van der Waals surface area contributed by atoms with Gasteiger partial charge in [-0.1, -0.05) is 11.6 Å². The van der Waals surface area contributed by atoms with Crippen LogP contribution in [0.3, 0.4) is 0 Å². The lowest BCUT2D eigenvalue weighted by Crippen LogP contribution is -2.17. The van der Waals surface area contributed by atoms with Gasteiger partial charge in [-0.3, -0.25) is 14.9 Å². The van der Waals surface area contributed by atoms with Crippen molar-refractivity contribution < 1.29 is 14.5 Å². The third kappa shape index (κ3) is 5.54. The Kier molecular flexibility index (Phi) is 6.97. The minimum atomic E-state index is -0.457. The Morgan fingerprint density at radius 3 is 2.90 bits per heavy atom. The smallest absolute Gasteiger partial charge is 0.305 e. The first-order valence-electron chi connectivity index (χ1n) is 6.33. The molecular weight excluding hydrogens is 284 g/mol. The summed E-state index contributed by atoms with van der Waals surface area (Å²) in [5.74, 6) is -0.230. The fraction of sp³-hybridized carbons (Fsp3) is 0.462. The van der Waals surface area contributed by atoms with E-state index in [1.807, 2.05) is 0 Å². The van der Waals surface area contributed by atoms with Crippen molar-refractivity contribution in [1.82, 2.24) is 5.32 Å². The van der Waals surface area contributed by atoms with Crippen LogP contribution in [0.4, 0.5) is 5.69 Å². The number of rotatable bonds is 8. The highest BCUT2D eigenvalue weighted by molar-refractivity contribution is 6.30. The van der Waals surface area contributed by atoms with Gasteiger partial charge >= 0.3 is 5.97 Å². The molecule has 0 unspecified atom stereocenters. The van der Waals surface area contributed by atoms with Crippen LogP contribution in [-0.2, 0) is 16.1 Å². The summed E-state index contributed by atoms with van der Waals surface area (Å²) < 4.78 is 4.80. The van der Waals surface area contributed by atoms with Crippen molar-refractivity contribution in [3.63, 3.8) is 0 Å². The molecule has 0 radical (unpaired) electrons. The standard InChI is InChI=1S/C13H17ClN2O4/c1-2-20-13(17)4-3-7-15-9-10-5-6-11(14)8-12(10)16(18)19/h5-6,8,15H,2-4,7,9H2,1H3. The van der Waals surface area contributed by atoms with Crippen molar-refractivity contribution in [1.29, 1.82) is 0 Å². The number of carbonyl (C=O) groups is 1. The number of halogens is 1. The number of nitrogens with one attached hydrogen (secondary N) is 1. The van der Waals surface area contributed by atoms with Crippen LogP contribution >= 0.6 is 11.6 Å². The first-order valence-corrected chi connectivity index (χ1v) is 6.71. The molecule has 1 aromatic rings. The SMILES string of the molecule is CCOC(=O)CCCNCc1ccc(Cl)cc1[N+](=O)[O-]. The second-order valence-electron chi connectivity index (χ2n) is 4.12. The van der Waals surface area contributed by atoms with E-state index in [1.165, 1.54) is 6.07 Å². The minimum Gasteiger partial charge on any atom is -0.466 e. The number of nitro groups is 1. The van der Waals surface area contributed by atoms with Crippen molar-refractivity contribution in [3.05, 3.63) is 38.9 Å². The Bertz CT molecular complexity index is 479. The lowest BCUT2D eigenvalue weighted by molar-refractivity contribution is -0.385. The number of nitrogens with zero attached hydrogens (tertiary/aromatic N) is 1. The van der Waals surface area contributed by atoms with E-state index in [2.05, 4.69) is 5.32 Å². The maximum Gasteiger partial charge on any atom is 0.305 e. The zero-order valence-corrected chi connectivity index (χ0v) is 12.0. The largest absolute Gasteiger partial charge is 0.466 e. The summed E-state index contributed by atoms with van der Waals surface area (Å²) in [5, 5.41) is 14.3. The van der Waals surface area contributed by atoms with Crippen molar-refractivity contribution in [2.45, 2.75) is 26.3 Å². The second kappa shape index (κ2) is 8.50.